The van der Waals surface area contributed by atoms with Gasteiger partial charge in [0.25, 0.3) is 0 Å². The lowest BCUT2D eigenvalue weighted by molar-refractivity contribution is -0.136. The number of ether oxygens (including phenoxy) is 1. The standard InChI is InChI=1S/C20H32N2O3/c1-4-7-9-16(6-3)15-21-19(23)20(24)22-17-10-12-18(13-11-17)25-14-8-5-2/h10-13,16H,4-9,14-15H2,1-3H3,(H,21,23)(H,22,24)/t16-/m1/s1. The van der Waals surface area contributed by atoms with Crippen LogP contribution in [0.4, 0.5) is 5.69 Å². The molecule has 25 heavy (non-hydrogen) atoms. The average molecular weight is 348 g/mol. The van der Waals surface area contributed by atoms with Crippen molar-refractivity contribution in [3.8, 4) is 5.75 Å². The molecule has 0 saturated heterocycles. The zero-order chi connectivity index (χ0) is 18.5. The Morgan fingerprint density at radius 1 is 1.00 bits per heavy atom. The molecule has 5 nitrogen and oxygen atoms in total. The molecular formula is C20H32N2O3. The second-order valence-electron chi connectivity index (χ2n) is 6.31. The second kappa shape index (κ2) is 12.3. The quantitative estimate of drug-likeness (QED) is 0.466. The van der Waals surface area contributed by atoms with Gasteiger partial charge in [-0.15, -0.1) is 0 Å². The maximum absolute atomic E-state index is 12.0. The third kappa shape index (κ3) is 8.57. The van der Waals surface area contributed by atoms with Crippen molar-refractivity contribution in [2.75, 3.05) is 18.5 Å². The maximum atomic E-state index is 12.0. The minimum Gasteiger partial charge on any atom is -0.494 e. The van der Waals surface area contributed by atoms with Crippen LogP contribution in [0.3, 0.4) is 0 Å². The summed E-state index contributed by atoms with van der Waals surface area (Å²) in [7, 11) is 0. The minimum atomic E-state index is -0.634. The first-order valence-corrected chi connectivity index (χ1v) is 9.42. The number of hydrogen-bond donors (Lipinski definition) is 2. The van der Waals surface area contributed by atoms with E-state index in [2.05, 4.69) is 31.4 Å². The molecule has 5 heteroatoms. The fraction of sp³-hybridized carbons (Fsp3) is 0.600. The number of hydrogen-bond acceptors (Lipinski definition) is 3. The van der Waals surface area contributed by atoms with Gasteiger partial charge in [-0.3, -0.25) is 9.59 Å². The molecule has 0 aromatic heterocycles. The van der Waals surface area contributed by atoms with Crippen LogP contribution in [0, 0.1) is 5.92 Å². The summed E-state index contributed by atoms with van der Waals surface area (Å²) in [6.07, 6.45) is 6.46. The van der Waals surface area contributed by atoms with Gasteiger partial charge in [0.2, 0.25) is 0 Å². The number of anilines is 1. The molecule has 1 atom stereocenters. The van der Waals surface area contributed by atoms with Crippen LogP contribution in [0.2, 0.25) is 0 Å². The number of amides is 2. The van der Waals surface area contributed by atoms with E-state index in [1.54, 1.807) is 24.3 Å². The minimum absolute atomic E-state index is 0.427. The van der Waals surface area contributed by atoms with Crippen molar-refractivity contribution in [1.82, 2.24) is 5.32 Å². The lowest BCUT2D eigenvalue weighted by Gasteiger charge is -2.15. The molecule has 0 aliphatic carbocycles. The van der Waals surface area contributed by atoms with Crippen LogP contribution in [0.5, 0.6) is 5.75 Å². The largest absolute Gasteiger partial charge is 0.494 e. The Labute approximate surface area is 151 Å². The molecule has 2 N–H and O–H groups in total. The normalized spacial score (nSPS) is 11.6. The molecule has 0 bridgehead atoms. The van der Waals surface area contributed by atoms with E-state index in [0.717, 1.165) is 44.3 Å². The molecule has 0 fully saturated rings. The topological polar surface area (TPSA) is 67.4 Å². The fourth-order valence-electron chi connectivity index (χ4n) is 2.42. The molecule has 0 aliphatic heterocycles. The van der Waals surface area contributed by atoms with Crippen molar-refractivity contribution in [2.24, 2.45) is 5.92 Å². The van der Waals surface area contributed by atoms with Gasteiger partial charge >= 0.3 is 11.8 Å². The molecule has 0 spiro atoms. The van der Waals surface area contributed by atoms with Crippen molar-refractivity contribution < 1.29 is 14.3 Å². The van der Waals surface area contributed by atoms with Gasteiger partial charge in [-0.1, -0.05) is 46.5 Å². The van der Waals surface area contributed by atoms with Crippen LogP contribution in [0.15, 0.2) is 24.3 Å². The van der Waals surface area contributed by atoms with E-state index in [4.69, 9.17) is 4.74 Å². The van der Waals surface area contributed by atoms with Gasteiger partial charge in [-0.25, -0.2) is 0 Å². The second-order valence-corrected chi connectivity index (χ2v) is 6.31. The highest BCUT2D eigenvalue weighted by atomic mass is 16.5. The van der Waals surface area contributed by atoms with Gasteiger partial charge < -0.3 is 15.4 Å². The van der Waals surface area contributed by atoms with Crippen LogP contribution in [0.25, 0.3) is 0 Å². The lowest BCUT2D eigenvalue weighted by Crippen LogP contribution is -2.38. The van der Waals surface area contributed by atoms with E-state index in [1.165, 1.54) is 0 Å². The summed E-state index contributed by atoms with van der Waals surface area (Å²) in [6, 6.07) is 7.06. The highest BCUT2D eigenvalue weighted by Gasteiger charge is 2.15. The van der Waals surface area contributed by atoms with Gasteiger partial charge in [0.1, 0.15) is 5.75 Å². The first-order valence-electron chi connectivity index (χ1n) is 9.42. The molecule has 0 saturated carbocycles. The Hall–Kier alpha value is -2.04. The van der Waals surface area contributed by atoms with Crippen molar-refractivity contribution in [3.63, 3.8) is 0 Å². The molecular weight excluding hydrogens is 316 g/mol. The lowest BCUT2D eigenvalue weighted by atomic mass is 9.99. The zero-order valence-corrected chi connectivity index (χ0v) is 15.8. The molecule has 140 valence electrons. The first-order chi connectivity index (χ1) is 12.1. The molecule has 1 rings (SSSR count). The number of carbonyl (C=O) groups excluding carboxylic acids is 2. The number of unbranched alkanes of at least 4 members (excludes halogenated alkanes) is 2. The van der Waals surface area contributed by atoms with Gasteiger partial charge in [-0.05, 0) is 43.0 Å². The van der Waals surface area contributed by atoms with Gasteiger partial charge in [0, 0.05) is 12.2 Å². The highest BCUT2D eigenvalue weighted by molar-refractivity contribution is 6.39. The number of nitrogens with one attached hydrogen (secondary N) is 2. The number of benzene rings is 1. The Morgan fingerprint density at radius 3 is 2.28 bits per heavy atom. The van der Waals surface area contributed by atoms with Crippen LogP contribution >= 0.6 is 0 Å². The maximum Gasteiger partial charge on any atom is 0.313 e. The Morgan fingerprint density at radius 2 is 1.68 bits per heavy atom. The van der Waals surface area contributed by atoms with Crippen LogP contribution in [-0.2, 0) is 9.59 Å². The SMILES string of the molecule is CCCCOc1ccc(NC(=O)C(=O)NC[C@H](CC)CCCC)cc1. The third-order valence-corrected chi connectivity index (χ3v) is 4.18. The third-order valence-electron chi connectivity index (χ3n) is 4.18. The van der Waals surface area contributed by atoms with E-state index in [1.807, 2.05) is 0 Å². The molecule has 0 aliphatic rings. The molecule has 1 aromatic carbocycles. The fourth-order valence-corrected chi connectivity index (χ4v) is 2.42. The first kappa shape index (κ1) is 21.0. The molecule has 0 heterocycles. The molecule has 1 aromatic rings. The predicted molar refractivity (Wildman–Crippen MR) is 102 cm³/mol. The van der Waals surface area contributed by atoms with E-state index >= 15 is 0 Å². The van der Waals surface area contributed by atoms with Crippen LogP contribution in [-0.4, -0.2) is 25.0 Å². The van der Waals surface area contributed by atoms with Gasteiger partial charge in [-0.2, -0.15) is 0 Å². The smallest absolute Gasteiger partial charge is 0.313 e. The average Bonchev–Trinajstić information content (AvgIpc) is 2.63. The Bertz CT molecular complexity index is 514. The van der Waals surface area contributed by atoms with Crippen molar-refractivity contribution in [3.05, 3.63) is 24.3 Å². The van der Waals surface area contributed by atoms with Crippen molar-refractivity contribution >= 4 is 17.5 Å². The monoisotopic (exact) mass is 348 g/mol. The number of carbonyl (C=O) groups is 2. The van der Waals surface area contributed by atoms with Crippen molar-refractivity contribution in [1.29, 1.82) is 0 Å². The van der Waals surface area contributed by atoms with Crippen molar-refractivity contribution in [2.45, 2.75) is 59.3 Å². The summed E-state index contributed by atoms with van der Waals surface area (Å²) in [5.74, 6) is -0.0305. The summed E-state index contributed by atoms with van der Waals surface area (Å²) in [4.78, 5) is 23.9. The number of rotatable bonds is 11. The molecule has 0 radical (unpaired) electrons. The van der Waals surface area contributed by atoms with E-state index in [-0.39, 0.29) is 0 Å². The Kier molecular flexibility index (Phi) is 10.4. The Balaban J connectivity index is 2.40. The highest BCUT2D eigenvalue weighted by Crippen LogP contribution is 2.16. The predicted octanol–water partition coefficient (Wildman–Crippen LogP) is 4.14. The van der Waals surface area contributed by atoms with Gasteiger partial charge in [0.05, 0.1) is 6.61 Å². The van der Waals surface area contributed by atoms with E-state index in [0.29, 0.717) is 24.8 Å². The summed E-state index contributed by atoms with van der Waals surface area (Å²) >= 11 is 0. The summed E-state index contributed by atoms with van der Waals surface area (Å²) in [5.41, 5.74) is 0.584. The van der Waals surface area contributed by atoms with Crippen LogP contribution < -0.4 is 15.4 Å². The van der Waals surface area contributed by atoms with Crippen LogP contribution in [0.1, 0.15) is 59.3 Å². The zero-order valence-electron chi connectivity index (χ0n) is 15.8. The summed E-state index contributed by atoms with van der Waals surface area (Å²) in [6.45, 7) is 7.60. The van der Waals surface area contributed by atoms with Gasteiger partial charge in [0.15, 0.2) is 0 Å². The summed E-state index contributed by atoms with van der Waals surface area (Å²) < 4.78 is 5.57. The van der Waals surface area contributed by atoms with E-state index in [9.17, 15) is 9.59 Å². The molecule has 2 amide bonds. The summed E-state index contributed by atoms with van der Waals surface area (Å²) in [5, 5.41) is 5.35. The molecule has 0 unspecified atom stereocenters. The van der Waals surface area contributed by atoms with E-state index < -0.39 is 11.8 Å².